The minimum atomic E-state index is -0.134. The summed E-state index contributed by atoms with van der Waals surface area (Å²) < 4.78 is 1.37. The first-order valence-electron chi connectivity index (χ1n) is 5.18. The van der Waals surface area contributed by atoms with E-state index in [9.17, 15) is 4.79 Å². The summed E-state index contributed by atoms with van der Waals surface area (Å²) in [5.74, 6) is -0.134. The first-order chi connectivity index (χ1) is 8.28. The zero-order chi connectivity index (χ0) is 12.1. The molecule has 0 atom stereocenters. The fraction of sp³-hybridized carbons (Fsp3) is 0.444. The number of aromatic nitrogens is 5. The largest absolute Gasteiger partial charge is 0.348 e. The van der Waals surface area contributed by atoms with Gasteiger partial charge in [-0.3, -0.25) is 4.79 Å². The van der Waals surface area contributed by atoms with E-state index in [1.165, 1.54) is 11.0 Å². The molecule has 2 rings (SSSR count). The average Bonchev–Trinajstić information content (AvgIpc) is 2.96. The highest BCUT2D eigenvalue weighted by Crippen LogP contribution is 2.09. The fourth-order valence-electron chi connectivity index (χ4n) is 1.22. The number of nitrogens with one attached hydrogen (secondary N) is 1. The van der Waals surface area contributed by atoms with Crippen molar-refractivity contribution < 1.29 is 4.79 Å². The van der Waals surface area contributed by atoms with Crippen molar-refractivity contribution in [1.82, 2.24) is 30.5 Å². The molecule has 2 aromatic rings. The molecule has 0 radical (unpaired) electrons. The van der Waals surface area contributed by atoms with E-state index in [2.05, 4.69) is 32.7 Å². The number of carbonyl (C=O) groups excluding carboxylic acids is 1. The highest BCUT2D eigenvalue weighted by Gasteiger charge is 2.05. The van der Waals surface area contributed by atoms with Gasteiger partial charge in [-0.05, 0) is 16.8 Å². The maximum Gasteiger partial charge on any atom is 0.242 e. The summed E-state index contributed by atoms with van der Waals surface area (Å²) in [5, 5.41) is 16.2. The maximum atomic E-state index is 11.5. The Morgan fingerprint density at radius 3 is 3.12 bits per heavy atom. The van der Waals surface area contributed by atoms with Crippen molar-refractivity contribution in [2.75, 3.05) is 0 Å². The number of aryl methyl sites for hydroxylation is 1. The van der Waals surface area contributed by atoms with Crippen LogP contribution in [0.15, 0.2) is 11.7 Å². The molecule has 0 saturated carbocycles. The van der Waals surface area contributed by atoms with Crippen molar-refractivity contribution in [2.45, 2.75) is 26.4 Å². The Kier molecular flexibility index (Phi) is 3.76. The molecule has 0 aliphatic rings. The van der Waals surface area contributed by atoms with Crippen LogP contribution >= 0.6 is 11.3 Å². The summed E-state index contributed by atoms with van der Waals surface area (Å²) in [6.45, 7) is 2.62. The van der Waals surface area contributed by atoms with Gasteiger partial charge in [0.1, 0.15) is 17.9 Å². The van der Waals surface area contributed by atoms with Crippen LogP contribution in [0.3, 0.4) is 0 Å². The molecule has 0 fully saturated rings. The highest BCUT2D eigenvalue weighted by atomic mass is 32.1. The zero-order valence-electron chi connectivity index (χ0n) is 9.33. The van der Waals surface area contributed by atoms with Crippen LogP contribution in [0.1, 0.15) is 17.6 Å². The molecule has 0 spiro atoms. The standard InChI is InChI=1S/C9H12N6OS/c1-2-7-5-17-9(12-7)3-10-8(16)4-15-6-11-13-14-15/h5-6H,2-4H2,1H3,(H,10,16). The predicted molar refractivity (Wildman–Crippen MR) is 61.2 cm³/mol. The molecule has 1 amide bonds. The van der Waals surface area contributed by atoms with Gasteiger partial charge in [0.25, 0.3) is 0 Å². The van der Waals surface area contributed by atoms with E-state index < -0.39 is 0 Å². The topological polar surface area (TPSA) is 85.6 Å². The van der Waals surface area contributed by atoms with Gasteiger partial charge >= 0.3 is 0 Å². The second kappa shape index (κ2) is 5.48. The Hall–Kier alpha value is -1.83. The second-order valence-electron chi connectivity index (χ2n) is 3.37. The molecule has 1 N–H and O–H groups in total. The van der Waals surface area contributed by atoms with Gasteiger partial charge in [-0.1, -0.05) is 6.92 Å². The summed E-state index contributed by atoms with van der Waals surface area (Å²) in [6.07, 6.45) is 2.31. The van der Waals surface area contributed by atoms with Crippen LogP contribution in [0.2, 0.25) is 0 Å². The lowest BCUT2D eigenvalue weighted by molar-refractivity contribution is -0.122. The third-order valence-electron chi connectivity index (χ3n) is 2.10. The highest BCUT2D eigenvalue weighted by molar-refractivity contribution is 7.09. The van der Waals surface area contributed by atoms with E-state index >= 15 is 0 Å². The van der Waals surface area contributed by atoms with Crippen LogP contribution < -0.4 is 5.32 Å². The summed E-state index contributed by atoms with van der Waals surface area (Å²) in [4.78, 5) is 15.9. The van der Waals surface area contributed by atoms with E-state index in [0.29, 0.717) is 6.54 Å². The molecular weight excluding hydrogens is 240 g/mol. The maximum absolute atomic E-state index is 11.5. The van der Waals surface area contributed by atoms with Crippen molar-refractivity contribution in [3.63, 3.8) is 0 Å². The second-order valence-corrected chi connectivity index (χ2v) is 4.31. The van der Waals surface area contributed by atoms with Crippen molar-refractivity contribution >= 4 is 17.2 Å². The normalized spacial score (nSPS) is 10.4. The lowest BCUT2D eigenvalue weighted by Crippen LogP contribution is -2.27. The molecule has 0 unspecified atom stereocenters. The quantitative estimate of drug-likeness (QED) is 0.810. The van der Waals surface area contributed by atoms with Gasteiger partial charge in [0.2, 0.25) is 5.91 Å². The Labute approximate surface area is 102 Å². The first-order valence-corrected chi connectivity index (χ1v) is 6.06. The van der Waals surface area contributed by atoms with Crippen LogP contribution in [0.5, 0.6) is 0 Å². The van der Waals surface area contributed by atoms with Gasteiger partial charge in [-0.15, -0.1) is 16.4 Å². The molecule has 2 aromatic heterocycles. The van der Waals surface area contributed by atoms with Crippen molar-refractivity contribution in [3.8, 4) is 0 Å². The van der Waals surface area contributed by atoms with Crippen LogP contribution in [0.4, 0.5) is 0 Å². The fourth-order valence-corrected chi connectivity index (χ4v) is 2.04. The minimum absolute atomic E-state index is 0.124. The van der Waals surface area contributed by atoms with Gasteiger partial charge in [-0.25, -0.2) is 9.67 Å². The summed E-state index contributed by atoms with van der Waals surface area (Å²) in [7, 11) is 0. The number of rotatable bonds is 5. The number of tetrazole rings is 1. The van der Waals surface area contributed by atoms with Gasteiger partial charge in [-0.2, -0.15) is 0 Å². The van der Waals surface area contributed by atoms with Crippen LogP contribution in [0, 0.1) is 0 Å². The molecular formula is C9H12N6OS. The van der Waals surface area contributed by atoms with Crippen molar-refractivity contribution in [2.24, 2.45) is 0 Å². The van der Waals surface area contributed by atoms with E-state index in [1.807, 2.05) is 5.38 Å². The third kappa shape index (κ3) is 3.31. The van der Waals surface area contributed by atoms with E-state index in [1.54, 1.807) is 11.3 Å². The number of hydrogen-bond acceptors (Lipinski definition) is 6. The average molecular weight is 252 g/mol. The Bertz CT molecular complexity index is 479. The summed E-state index contributed by atoms with van der Waals surface area (Å²) in [6, 6.07) is 0. The Morgan fingerprint density at radius 2 is 2.47 bits per heavy atom. The van der Waals surface area contributed by atoms with Gasteiger partial charge in [0.05, 0.1) is 12.2 Å². The zero-order valence-corrected chi connectivity index (χ0v) is 10.1. The van der Waals surface area contributed by atoms with Crippen molar-refractivity contribution in [3.05, 3.63) is 22.4 Å². The number of carbonyl (C=O) groups is 1. The number of hydrogen-bond donors (Lipinski definition) is 1. The molecule has 2 heterocycles. The molecule has 7 nitrogen and oxygen atoms in total. The first kappa shape index (κ1) is 11.6. The predicted octanol–water partition coefficient (Wildman–Crippen LogP) is 0.00840. The van der Waals surface area contributed by atoms with E-state index in [4.69, 9.17) is 0 Å². The van der Waals surface area contributed by atoms with Crippen molar-refractivity contribution in [1.29, 1.82) is 0 Å². The lowest BCUT2D eigenvalue weighted by Gasteiger charge is -2.01. The Balaban J connectivity index is 1.79. The van der Waals surface area contributed by atoms with Crippen LogP contribution in [-0.4, -0.2) is 31.1 Å². The lowest BCUT2D eigenvalue weighted by atomic mass is 10.4. The summed E-state index contributed by atoms with van der Waals surface area (Å²) in [5.41, 5.74) is 1.06. The molecule has 17 heavy (non-hydrogen) atoms. The molecule has 90 valence electrons. The smallest absolute Gasteiger partial charge is 0.242 e. The van der Waals surface area contributed by atoms with Gasteiger partial charge in [0.15, 0.2) is 0 Å². The molecule has 0 bridgehead atoms. The number of amides is 1. The van der Waals surface area contributed by atoms with Gasteiger partial charge < -0.3 is 5.32 Å². The van der Waals surface area contributed by atoms with Gasteiger partial charge in [0, 0.05) is 5.38 Å². The molecule has 0 aliphatic heterocycles. The Morgan fingerprint density at radius 1 is 1.59 bits per heavy atom. The summed E-state index contributed by atoms with van der Waals surface area (Å²) >= 11 is 1.55. The number of nitrogens with zero attached hydrogens (tertiary/aromatic N) is 5. The van der Waals surface area contributed by atoms with E-state index in [0.717, 1.165) is 17.1 Å². The minimum Gasteiger partial charge on any atom is -0.348 e. The monoisotopic (exact) mass is 252 g/mol. The van der Waals surface area contributed by atoms with E-state index in [-0.39, 0.29) is 12.5 Å². The molecule has 8 heteroatoms. The van der Waals surface area contributed by atoms with Crippen LogP contribution in [-0.2, 0) is 24.3 Å². The molecule has 0 aliphatic carbocycles. The molecule has 0 aromatic carbocycles. The molecule has 0 saturated heterocycles. The van der Waals surface area contributed by atoms with Crippen LogP contribution in [0.25, 0.3) is 0 Å². The SMILES string of the molecule is CCc1csc(CNC(=O)Cn2cnnn2)n1. The third-order valence-corrected chi connectivity index (χ3v) is 2.99. The number of thiazole rings is 1.